The van der Waals surface area contributed by atoms with Crippen molar-refractivity contribution in [1.82, 2.24) is 0 Å². The van der Waals surface area contributed by atoms with Gasteiger partial charge in [0.25, 0.3) is 0 Å². The van der Waals surface area contributed by atoms with E-state index in [0.717, 1.165) is 32.1 Å². The first kappa shape index (κ1) is 32.1. The third kappa shape index (κ3) is 22.6. The van der Waals surface area contributed by atoms with Gasteiger partial charge in [0.15, 0.2) is 0 Å². The molecule has 0 heterocycles. The van der Waals surface area contributed by atoms with Gasteiger partial charge >= 0.3 is 19.5 Å². The molecule has 0 saturated carbocycles. The molecule has 0 bridgehead atoms. The quantitative estimate of drug-likeness (QED) is 0.0946. The van der Waals surface area contributed by atoms with Gasteiger partial charge in [-0.15, -0.1) is 0 Å². The highest BCUT2D eigenvalue weighted by Crippen LogP contribution is 2.38. The second-order valence-corrected chi connectivity index (χ2v) is 10.8. The molecule has 8 heteroatoms. The van der Waals surface area contributed by atoms with Crippen LogP contribution in [0.3, 0.4) is 0 Å². The fourth-order valence-corrected chi connectivity index (χ4v) is 4.57. The number of unbranched alkanes of at least 4 members (excludes halogenated alkanes) is 14. The van der Waals surface area contributed by atoms with E-state index < -0.39 is 31.6 Å². The van der Waals surface area contributed by atoms with Crippen LogP contribution in [0.1, 0.15) is 123 Å². The van der Waals surface area contributed by atoms with Crippen molar-refractivity contribution < 1.29 is 33.4 Å². The molecule has 0 aromatic carbocycles. The minimum absolute atomic E-state index is 0.207. The van der Waals surface area contributed by atoms with Crippen molar-refractivity contribution in [3.8, 4) is 0 Å². The van der Waals surface area contributed by atoms with E-state index in [-0.39, 0.29) is 19.6 Å². The Morgan fingerprint density at radius 3 is 1.48 bits per heavy atom. The third-order valence-corrected chi connectivity index (χ3v) is 6.62. The normalized spacial score (nSPS) is 12.5. The maximum Gasteiger partial charge on any atom is 0.326 e. The van der Waals surface area contributed by atoms with Crippen molar-refractivity contribution in [2.75, 3.05) is 19.4 Å². The van der Waals surface area contributed by atoms with E-state index in [1.807, 2.05) is 0 Å². The summed E-state index contributed by atoms with van der Waals surface area (Å²) in [5, 5.41) is 0. The van der Waals surface area contributed by atoms with Crippen molar-refractivity contribution in [1.29, 1.82) is 0 Å². The minimum atomic E-state index is -4.46. The maximum absolute atomic E-state index is 12.3. The van der Waals surface area contributed by atoms with Crippen LogP contribution in [0.2, 0.25) is 0 Å². The van der Waals surface area contributed by atoms with Gasteiger partial charge in [0.05, 0.1) is 31.7 Å². The number of hydrogen-bond donors (Lipinski definition) is 2. The zero-order valence-corrected chi connectivity index (χ0v) is 22.0. The molecular weight excluding hydrogens is 443 g/mol. The fourth-order valence-electron chi connectivity index (χ4n) is 3.72. The molecular formula is C25H49O7P. The predicted octanol–water partition coefficient (Wildman–Crippen LogP) is 6.54. The molecule has 1 unspecified atom stereocenters. The van der Waals surface area contributed by atoms with Gasteiger partial charge in [-0.1, -0.05) is 104 Å². The summed E-state index contributed by atoms with van der Waals surface area (Å²) in [6, 6.07) is 0. The molecule has 0 rings (SSSR count). The number of ether oxygens (including phenoxy) is 2. The molecule has 0 fully saturated rings. The van der Waals surface area contributed by atoms with E-state index in [9.17, 15) is 23.9 Å². The predicted molar refractivity (Wildman–Crippen MR) is 132 cm³/mol. The van der Waals surface area contributed by atoms with E-state index in [1.165, 1.54) is 64.2 Å². The van der Waals surface area contributed by atoms with Gasteiger partial charge in [-0.2, -0.15) is 0 Å². The Morgan fingerprint density at radius 1 is 0.667 bits per heavy atom. The van der Waals surface area contributed by atoms with Crippen molar-refractivity contribution in [3.63, 3.8) is 0 Å². The standard InChI is InChI=1S/C25H49O7P/c1-3-5-7-9-11-13-15-17-19-31-24(26)21-23(22-33(28,29)30)25(27)32-20-18-16-14-12-10-8-6-4-2/h23H,3-22H2,1-2H3,(H2,28,29,30). The lowest BCUT2D eigenvalue weighted by Gasteiger charge is -2.16. The van der Waals surface area contributed by atoms with Gasteiger partial charge < -0.3 is 19.3 Å². The van der Waals surface area contributed by atoms with Crippen LogP contribution < -0.4 is 0 Å². The Balaban J connectivity index is 4.09. The van der Waals surface area contributed by atoms with Crippen LogP contribution in [0.15, 0.2) is 0 Å². The molecule has 0 spiro atoms. The highest BCUT2D eigenvalue weighted by molar-refractivity contribution is 7.51. The average Bonchev–Trinajstić information content (AvgIpc) is 2.75. The number of carbonyl (C=O) groups excluding carboxylic acids is 2. The zero-order chi connectivity index (χ0) is 24.8. The van der Waals surface area contributed by atoms with Crippen LogP contribution in [0.25, 0.3) is 0 Å². The van der Waals surface area contributed by atoms with Gasteiger partial charge in [0, 0.05) is 0 Å². The molecule has 0 aliphatic rings. The number of rotatable bonds is 23. The Labute approximate surface area is 201 Å². The molecule has 33 heavy (non-hydrogen) atoms. The molecule has 0 aromatic rings. The van der Waals surface area contributed by atoms with E-state index in [2.05, 4.69) is 13.8 Å². The van der Waals surface area contributed by atoms with Crippen LogP contribution in [-0.4, -0.2) is 41.1 Å². The van der Waals surface area contributed by atoms with Crippen molar-refractivity contribution in [3.05, 3.63) is 0 Å². The van der Waals surface area contributed by atoms with E-state index >= 15 is 0 Å². The topological polar surface area (TPSA) is 110 Å². The first-order valence-corrected chi connectivity index (χ1v) is 15.0. The van der Waals surface area contributed by atoms with E-state index in [4.69, 9.17) is 9.47 Å². The molecule has 0 aliphatic heterocycles. The van der Waals surface area contributed by atoms with E-state index in [1.54, 1.807) is 0 Å². The number of hydrogen-bond acceptors (Lipinski definition) is 5. The molecule has 1 atom stereocenters. The summed E-state index contributed by atoms with van der Waals surface area (Å²) in [5.41, 5.74) is 0. The Hall–Kier alpha value is -0.910. The van der Waals surface area contributed by atoms with Gasteiger partial charge in [-0.25, -0.2) is 0 Å². The monoisotopic (exact) mass is 492 g/mol. The largest absolute Gasteiger partial charge is 0.466 e. The van der Waals surface area contributed by atoms with Crippen molar-refractivity contribution in [2.24, 2.45) is 5.92 Å². The van der Waals surface area contributed by atoms with Gasteiger partial charge in [-0.05, 0) is 12.8 Å². The second-order valence-electron chi connectivity index (χ2n) is 9.09. The molecule has 2 N–H and O–H groups in total. The summed E-state index contributed by atoms with van der Waals surface area (Å²) in [7, 11) is -4.46. The molecule has 0 aromatic heterocycles. The fraction of sp³-hybridized carbons (Fsp3) is 0.920. The number of carbonyl (C=O) groups is 2. The number of esters is 2. The lowest BCUT2D eigenvalue weighted by atomic mass is 10.1. The summed E-state index contributed by atoms with van der Waals surface area (Å²) < 4.78 is 21.8. The average molecular weight is 493 g/mol. The second kappa shape index (κ2) is 21.6. The Kier molecular flexibility index (Phi) is 21.0. The zero-order valence-electron chi connectivity index (χ0n) is 21.1. The Morgan fingerprint density at radius 2 is 1.06 bits per heavy atom. The molecule has 0 amide bonds. The van der Waals surface area contributed by atoms with Crippen LogP contribution in [0.4, 0.5) is 0 Å². The lowest BCUT2D eigenvalue weighted by Crippen LogP contribution is -2.25. The first-order valence-electron chi connectivity index (χ1n) is 13.2. The van der Waals surface area contributed by atoms with Gasteiger partial charge in [-0.3, -0.25) is 14.2 Å². The van der Waals surface area contributed by atoms with Crippen LogP contribution in [0, 0.1) is 5.92 Å². The van der Waals surface area contributed by atoms with Crippen LogP contribution in [0.5, 0.6) is 0 Å². The SMILES string of the molecule is CCCCCCCCCCOC(=O)CC(CP(=O)(O)O)C(=O)OCCCCCCCCCC. The van der Waals surface area contributed by atoms with Crippen LogP contribution >= 0.6 is 7.60 Å². The van der Waals surface area contributed by atoms with E-state index in [0.29, 0.717) is 6.42 Å². The molecule has 0 aliphatic carbocycles. The molecule has 0 radical (unpaired) electrons. The maximum atomic E-state index is 12.3. The summed E-state index contributed by atoms with van der Waals surface area (Å²) in [4.78, 5) is 43.0. The molecule has 196 valence electrons. The smallest absolute Gasteiger partial charge is 0.326 e. The molecule has 0 saturated heterocycles. The summed E-state index contributed by atoms with van der Waals surface area (Å²) >= 11 is 0. The highest BCUT2D eigenvalue weighted by Gasteiger charge is 2.31. The highest BCUT2D eigenvalue weighted by atomic mass is 31.2. The lowest BCUT2D eigenvalue weighted by molar-refractivity contribution is -0.154. The van der Waals surface area contributed by atoms with Crippen molar-refractivity contribution in [2.45, 2.75) is 123 Å². The third-order valence-electron chi connectivity index (χ3n) is 5.71. The summed E-state index contributed by atoms with van der Waals surface area (Å²) in [5.74, 6) is -2.52. The minimum Gasteiger partial charge on any atom is -0.466 e. The van der Waals surface area contributed by atoms with Gasteiger partial charge in [0.2, 0.25) is 0 Å². The van der Waals surface area contributed by atoms with Gasteiger partial charge in [0.1, 0.15) is 0 Å². The van der Waals surface area contributed by atoms with Crippen LogP contribution in [-0.2, 0) is 23.6 Å². The first-order chi connectivity index (χ1) is 15.8. The summed E-state index contributed by atoms with van der Waals surface area (Å²) in [6.45, 7) is 4.85. The van der Waals surface area contributed by atoms with Crippen molar-refractivity contribution >= 4 is 19.5 Å². The summed E-state index contributed by atoms with van der Waals surface area (Å²) in [6.07, 6.45) is 16.8. The molecule has 7 nitrogen and oxygen atoms in total. The Bertz CT molecular complexity index is 533.